The molecule has 0 spiro atoms. The summed E-state index contributed by atoms with van der Waals surface area (Å²) in [5.41, 5.74) is 5.01. The minimum Gasteiger partial charge on any atom is -0.397 e. The van der Waals surface area contributed by atoms with Gasteiger partial charge in [0.15, 0.2) is 0 Å². The smallest absolute Gasteiger partial charge is 0.223 e. The van der Waals surface area contributed by atoms with E-state index in [1.54, 1.807) is 0 Å². The van der Waals surface area contributed by atoms with E-state index in [-0.39, 0.29) is 0 Å². The molecule has 0 saturated heterocycles. The van der Waals surface area contributed by atoms with Crippen molar-refractivity contribution in [3.8, 4) is 0 Å². The summed E-state index contributed by atoms with van der Waals surface area (Å²) in [4.78, 5) is 0. The number of hydrogen-bond donors (Lipinski definition) is 0. The molecule has 1 nitrogen and oxygen atoms in total. The third-order valence-corrected chi connectivity index (χ3v) is 4.68. The lowest BCUT2D eigenvalue weighted by atomic mass is 10.1. The second-order valence-electron chi connectivity index (χ2n) is 5.45. The molecule has 0 fully saturated rings. The van der Waals surface area contributed by atoms with Crippen molar-refractivity contribution >= 4 is 54.9 Å². The van der Waals surface area contributed by atoms with Gasteiger partial charge < -0.3 is 4.48 Å². The summed E-state index contributed by atoms with van der Waals surface area (Å²) < 4.78 is 3.40. The first-order chi connectivity index (χ1) is 10.5. The Morgan fingerprint density at radius 3 is 2.73 bits per heavy atom. The topological polar surface area (TPSA) is 4.93 Å². The zero-order valence-electron chi connectivity index (χ0n) is 13.7. The maximum Gasteiger partial charge on any atom is 0.223 e. The summed E-state index contributed by atoms with van der Waals surface area (Å²) in [5.74, 6) is 0. The van der Waals surface area contributed by atoms with E-state index in [1.807, 2.05) is 6.92 Å². The summed E-state index contributed by atoms with van der Waals surface area (Å²) in [7, 11) is 2.07. The maximum absolute atomic E-state index is 4.22. The van der Waals surface area contributed by atoms with E-state index in [0.29, 0.717) is 0 Å². The van der Waals surface area contributed by atoms with Gasteiger partial charge in [-0.25, -0.2) is 0 Å². The lowest BCUT2D eigenvalue weighted by Gasteiger charge is -2.00. The van der Waals surface area contributed by atoms with Gasteiger partial charge in [-0.3, -0.25) is 0 Å². The summed E-state index contributed by atoms with van der Waals surface area (Å²) in [6.45, 7) is 10.5. The second-order valence-corrected chi connectivity index (χ2v) is 6.69. The quantitative estimate of drug-likeness (QED) is 0.551. The molecule has 1 aromatic carbocycles. The molecule has 0 saturated carbocycles. The van der Waals surface area contributed by atoms with Crippen molar-refractivity contribution in [2.45, 2.75) is 20.8 Å². The summed E-state index contributed by atoms with van der Waals surface area (Å²) in [6.07, 6.45) is 8.60. The fourth-order valence-corrected chi connectivity index (χ4v) is 3.06. The van der Waals surface area contributed by atoms with Gasteiger partial charge in [-0.15, -0.1) is 0 Å². The van der Waals surface area contributed by atoms with Crippen LogP contribution in [0, 0.1) is 10.5 Å². The molecule has 0 aliphatic rings. The molecule has 112 valence electrons. The highest BCUT2D eigenvalue weighted by Gasteiger charge is 2.04. The number of allylic oxidation sites excluding steroid dienone is 3. The van der Waals surface area contributed by atoms with Crippen LogP contribution in [-0.4, -0.2) is 12.5 Å². The molecular weight excluding hydrogens is 380 g/mol. The van der Waals surface area contributed by atoms with Gasteiger partial charge in [0.2, 0.25) is 7.98 Å². The van der Waals surface area contributed by atoms with E-state index in [1.165, 1.54) is 31.2 Å². The lowest BCUT2D eigenvalue weighted by molar-refractivity contribution is 1.11. The first-order valence-electron chi connectivity index (χ1n) is 7.37. The van der Waals surface area contributed by atoms with Crippen molar-refractivity contribution in [2.75, 3.05) is 0 Å². The van der Waals surface area contributed by atoms with Gasteiger partial charge in [-0.05, 0) is 66.6 Å². The van der Waals surface area contributed by atoms with Gasteiger partial charge in [0.05, 0.1) is 0 Å². The van der Waals surface area contributed by atoms with E-state index < -0.39 is 0 Å². The summed E-state index contributed by atoms with van der Waals surface area (Å²) in [6, 6.07) is 8.56. The second kappa shape index (κ2) is 7.18. The fraction of sp³-hybridized carbons (Fsp3) is 0.158. The molecule has 2 rings (SSSR count). The molecule has 22 heavy (non-hydrogen) atoms. The van der Waals surface area contributed by atoms with E-state index in [2.05, 4.69) is 104 Å². The zero-order chi connectivity index (χ0) is 16.3. The standard InChI is InChI=1S/C19H21BIN/c1-5-7-18-14(3)22(20)15(4)19(18)11-10-13(2)16-8-6-9-17(21)12-16/h5-12H,4,20H2,1-3H3/b7-5-,13-10+,19-11+. The van der Waals surface area contributed by atoms with Gasteiger partial charge in [-0.2, -0.15) is 0 Å². The minimum absolute atomic E-state index is 1.05. The zero-order valence-corrected chi connectivity index (χ0v) is 15.8. The highest BCUT2D eigenvalue weighted by atomic mass is 127. The Hall–Kier alpha value is -1.49. The van der Waals surface area contributed by atoms with E-state index in [9.17, 15) is 0 Å². The number of benzene rings is 1. The van der Waals surface area contributed by atoms with Gasteiger partial charge in [-0.1, -0.05) is 43.0 Å². The average Bonchev–Trinajstić information content (AvgIpc) is 2.70. The number of hydrogen-bond acceptors (Lipinski definition) is 0. The van der Waals surface area contributed by atoms with Crippen molar-refractivity contribution in [3.05, 3.63) is 67.4 Å². The van der Waals surface area contributed by atoms with Crippen LogP contribution in [0.15, 0.2) is 36.4 Å². The highest BCUT2D eigenvalue weighted by molar-refractivity contribution is 14.1. The predicted octanol–water partition coefficient (Wildman–Crippen LogP) is 3.12. The number of aromatic nitrogens is 1. The Morgan fingerprint density at radius 2 is 2.09 bits per heavy atom. The third-order valence-electron chi connectivity index (χ3n) is 4.01. The van der Waals surface area contributed by atoms with Gasteiger partial charge in [0.1, 0.15) is 0 Å². The SMILES string of the molecule is Bn1c(C)c(/C=C\C)/c(=C/C=C(\C)c2cccc(I)c2)c1=C. The summed E-state index contributed by atoms with van der Waals surface area (Å²) >= 11 is 2.35. The van der Waals surface area contributed by atoms with Gasteiger partial charge in [0.25, 0.3) is 0 Å². The molecule has 0 atom stereocenters. The largest absolute Gasteiger partial charge is 0.397 e. The summed E-state index contributed by atoms with van der Waals surface area (Å²) in [5, 5.41) is 2.25. The van der Waals surface area contributed by atoms with Crippen LogP contribution in [0.5, 0.6) is 0 Å². The van der Waals surface area contributed by atoms with Crippen LogP contribution in [-0.2, 0) is 0 Å². The molecular formula is C19H21BIN. The minimum atomic E-state index is 1.05. The van der Waals surface area contributed by atoms with E-state index >= 15 is 0 Å². The van der Waals surface area contributed by atoms with Crippen molar-refractivity contribution in [1.29, 1.82) is 0 Å². The Labute approximate surface area is 147 Å². The number of nitrogens with zero attached hydrogens (tertiary/aromatic N) is 1. The van der Waals surface area contributed by atoms with Crippen molar-refractivity contribution in [1.82, 2.24) is 4.48 Å². The molecule has 0 aliphatic carbocycles. The van der Waals surface area contributed by atoms with Crippen molar-refractivity contribution < 1.29 is 0 Å². The fourth-order valence-electron chi connectivity index (χ4n) is 2.52. The molecule has 3 heteroatoms. The van der Waals surface area contributed by atoms with Crippen LogP contribution in [0.3, 0.4) is 0 Å². The first kappa shape index (κ1) is 16.9. The van der Waals surface area contributed by atoms with Crippen molar-refractivity contribution in [3.63, 3.8) is 0 Å². The monoisotopic (exact) mass is 401 g/mol. The molecule has 2 aromatic rings. The van der Waals surface area contributed by atoms with Crippen LogP contribution in [0.2, 0.25) is 0 Å². The van der Waals surface area contributed by atoms with Crippen LogP contribution >= 0.6 is 22.6 Å². The van der Waals surface area contributed by atoms with Crippen LogP contribution < -0.4 is 10.6 Å². The molecule has 0 amide bonds. The molecule has 1 aromatic heterocycles. The number of rotatable bonds is 3. The highest BCUT2D eigenvalue weighted by Crippen LogP contribution is 2.16. The van der Waals surface area contributed by atoms with Gasteiger partial charge in [0, 0.05) is 25.4 Å². The van der Waals surface area contributed by atoms with Crippen LogP contribution in [0.4, 0.5) is 0 Å². The Bertz CT molecular complexity index is 856. The Morgan fingerprint density at radius 1 is 1.36 bits per heavy atom. The van der Waals surface area contributed by atoms with E-state index in [4.69, 9.17) is 0 Å². The molecule has 0 N–H and O–H groups in total. The lowest BCUT2D eigenvalue weighted by Crippen LogP contribution is -2.27. The third kappa shape index (κ3) is 3.46. The maximum atomic E-state index is 4.22. The first-order valence-corrected chi connectivity index (χ1v) is 8.45. The normalized spacial score (nSPS) is 13.3. The number of halogens is 1. The van der Waals surface area contributed by atoms with E-state index in [0.717, 1.165) is 5.35 Å². The molecule has 0 unspecified atom stereocenters. The predicted molar refractivity (Wildman–Crippen MR) is 110 cm³/mol. The van der Waals surface area contributed by atoms with Crippen LogP contribution in [0.25, 0.3) is 24.3 Å². The molecule has 1 heterocycles. The molecule has 0 radical (unpaired) electrons. The Balaban J connectivity index is 2.57. The van der Waals surface area contributed by atoms with Crippen LogP contribution in [0.1, 0.15) is 30.7 Å². The average molecular weight is 401 g/mol. The Kier molecular flexibility index (Phi) is 5.51. The molecule has 0 aliphatic heterocycles. The molecule has 0 bridgehead atoms. The van der Waals surface area contributed by atoms with Crippen molar-refractivity contribution in [2.24, 2.45) is 0 Å². The van der Waals surface area contributed by atoms with Gasteiger partial charge >= 0.3 is 0 Å².